The summed E-state index contributed by atoms with van der Waals surface area (Å²) in [5.41, 5.74) is 0. The molecule has 8 heteroatoms. The average Bonchev–Trinajstić information content (AvgIpc) is 2.29. The molecule has 0 aliphatic heterocycles. The molecule has 0 saturated heterocycles. The molecule has 0 heterocycles. The number of carbonyl (C=O) groups is 2. The standard InChI is InChI=1S/C10H18N2O5S/c1-11-18(16,17)6-9(13)12-8-4-2-7(3-5-8)10(14)15/h7-8,11H,2-6H2,1H3,(H,12,13)(H,14,15). The van der Waals surface area contributed by atoms with Crippen molar-refractivity contribution in [2.24, 2.45) is 5.92 Å². The average molecular weight is 278 g/mol. The number of carboxylic acids is 1. The van der Waals surface area contributed by atoms with Crippen LogP contribution in [-0.2, 0) is 19.6 Å². The van der Waals surface area contributed by atoms with Crippen molar-refractivity contribution < 1.29 is 23.1 Å². The maximum atomic E-state index is 11.5. The first-order valence-electron chi connectivity index (χ1n) is 5.77. The van der Waals surface area contributed by atoms with E-state index in [2.05, 4.69) is 10.0 Å². The van der Waals surface area contributed by atoms with Gasteiger partial charge in [0.15, 0.2) is 0 Å². The summed E-state index contributed by atoms with van der Waals surface area (Å²) < 4.78 is 24.4. The van der Waals surface area contributed by atoms with Crippen LogP contribution in [-0.4, -0.2) is 44.2 Å². The van der Waals surface area contributed by atoms with Crippen LogP contribution in [0.2, 0.25) is 0 Å². The first-order chi connectivity index (χ1) is 8.34. The third-order valence-corrected chi connectivity index (χ3v) is 4.34. The molecule has 0 aromatic rings. The molecule has 0 atom stereocenters. The predicted octanol–water partition coefficient (Wildman–Crippen LogP) is -0.705. The Morgan fingerprint density at radius 1 is 1.22 bits per heavy atom. The van der Waals surface area contributed by atoms with E-state index >= 15 is 0 Å². The lowest BCUT2D eigenvalue weighted by atomic mass is 9.86. The SMILES string of the molecule is CNS(=O)(=O)CC(=O)NC1CCC(C(=O)O)CC1. The second-order valence-corrected chi connectivity index (χ2v) is 6.34. The molecule has 0 unspecified atom stereocenters. The van der Waals surface area contributed by atoms with Crippen molar-refractivity contribution >= 4 is 21.9 Å². The molecule has 18 heavy (non-hydrogen) atoms. The Hall–Kier alpha value is -1.15. The van der Waals surface area contributed by atoms with Gasteiger partial charge in [-0.05, 0) is 32.7 Å². The van der Waals surface area contributed by atoms with Gasteiger partial charge in [-0.1, -0.05) is 0 Å². The van der Waals surface area contributed by atoms with Gasteiger partial charge in [0.2, 0.25) is 15.9 Å². The normalized spacial score (nSPS) is 24.5. The largest absolute Gasteiger partial charge is 0.481 e. The van der Waals surface area contributed by atoms with Gasteiger partial charge in [0.25, 0.3) is 0 Å². The highest BCUT2D eigenvalue weighted by molar-refractivity contribution is 7.90. The van der Waals surface area contributed by atoms with Crippen molar-refractivity contribution in [3.8, 4) is 0 Å². The molecule has 0 radical (unpaired) electrons. The van der Waals surface area contributed by atoms with E-state index in [4.69, 9.17) is 5.11 Å². The fourth-order valence-electron chi connectivity index (χ4n) is 2.00. The Bertz CT molecular complexity index is 412. The zero-order valence-corrected chi connectivity index (χ0v) is 11.0. The van der Waals surface area contributed by atoms with Gasteiger partial charge >= 0.3 is 5.97 Å². The van der Waals surface area contributed by atoms with Gasteiger partial charge in [0, 0.05) is 6.04 Å². The number of hydrogen-bond donors (Lipinski definition) is 3. The van der Waals surface area contributed by atoms with Gasteiger partial charge < -0.3 is 10.4 Å². The van der Waals surface area contributed by atoms with Crippen molar-refractivity contribution in [1.82, 2.24) is 10.0 Å². The molecule has 0 bridgehead atoms. The molecule has 1 saturated carbocycles. The van der Waals surface area contributed by atoms with Crippen molar-refractivity contribution in [1.29, 1.82) is 0 Å². The van der Waals surface area contributed by atoms with Gasteiger partial charge in [-0.15, -0.1) is 0 Å². The van der Waals surface area contributed by atoms with Crippen LogP contribution in [0.1, 0.15) is 25.7 Å². The van der Waals surface area contributed by atoms with Crippen LogP contribution < -0.4 is 10.0 Å². The first kappa shape index (κ1) is 14.9. The Kier molecular flexibility index (Phi) is 5.09. The maximum Gasteiger partial charge on any atom is 0.306 e. The van der Waals surface area contributed by atoms with E-state index in [9.17, 15) is 18.0 Å². The van der Waals surface area contributed by atoms with E-state index in [1.165, 1.54) is 7.05 Å². The molecule has 0 aromatic carbocycles. The van der Waals surface area contributed by atoms with Crippen LogP contribution in [0.4, 0.5) is 0 Å². The molecule has 7 nitrogen and oxygen atoms in total. The van der Waals surface area contributed by atoms with Crippen LogP contribution in [0.15, 0.2) is 0 Å². The van der Waals surface area contributed by atoms with Gasteiger partial charge in [-0.3, -0.25) is 9.59 Å². The number of nitrogens with one attached hydrogen (secondary N) is 2. The summed E-state index contributed by atoms with van der Waals surface area (Å²) in [7, 11) is -2.30. The third kappa shape index (κ3) is 4.61. The van der Waals surface area contributed by atoms with Crippen LogP contribution in [0.25, 0.3) is 0 Å². The van der Waals surface area contributed by atoms with Crippen molar-refractivity contribution in [2.75, 3.05) is 12.8 Å². The van der Waals surface area contributed by atoms with Crippen molar-refractivity contribution in [2.45, 2.75) is 31.7 Å². The molecule has 1 amide bonds. The van der Waals surface area contributed by atoms with Gasteiger partial charge in [0.05, 0.1) is 5.92 Å². The zero-order valence-electron chi connectivity index (χ0n) is 10.2. The Balaban J connectivity index is 2.37. The number of rotatable bonds is 5. The number of amides is 1. The summed E-state index contributed by atoms with van der Waals surface area (Å²) in [5, 5.41) is 11.4. The minimum absolute atomic E-state index is 0.125. The Morgan fingerprint density at radius 3 is 2.22 bits per heavy atom. The molecule has 0 spiro atoms. The predicted molar refractivity (Wildman–Crippen MR) is 64.4 cm³/mol. The molecule has 3 N–H and O–H groups in total. The van der Waals surface area contributed by atoms with E-state index < -0.39 is 27.7 Å². The summed E-state index contributed by atoms with van der Waals surface area (Å²) in [6.45, 7) is 0. The molecule has 1 aliphatic carbocycles. The number of sulfonamides is 1. The van der Waals surface area contributed by atoms with Crippen LogP contribution in [0.3, 0.4) is 0 Å². The van der Waals surface area contributed by atoms with E-state index in [1.807, 2.05) is 0 Å². The molecule has 1 aliphatic rings. The fourth-order valence-corrected chi connectivity index (χ4v) is 2.57. The van der Waals surface area contributed by atoms with Crippen LogP contribution >= 0.6 is 0 Å². The van der Waals surface area contributed by atoms with E-state index in [1.54, 1.807) is 0 Å². The minimum atomic E-state index is -3.55. The van der Waals surface area contributed by atoms with E-state index in [0.717, 1.165) is 0 Å². The first-order valence-corrected chi connectivity index (χ1v) is 7.42. The van der Waals surface area contributed by atoms with Crippen molar-refractivity contribution in [3.05, 3.63) is 0 Å². The van der Waals surface area contributed by atoms with Crippen LogP contribution in [0, 0.1) is 5.92 Å². The summed E-state index contributed by atoms with van der Waals surface area (Å²) in [5.74, 6) is -2.30. The minimum Gasteiger partial charge on any atom is -0.481 e. The Morgan fingerprint density at radius 2 is 1.78 bits per heavy atom. The van der Waals surface area contributed by atoms with Gasteiger partial charge in [-0.2, -0.15) is 0 Å². The summed E-state index contributed by atoms with van der Waals surface area (Å²) in [6, 6.07) is -0.125. The summed E-state index contributed by atoms with van der Waals surface area (Å²) in [6.07, 6.45) is 2.17. The summed E-state index contributed by atoms with van der Waals surface area (Å²) >= 11 is 0. The van der Waals surface area contributed by atoms with E-state index in [-0.39, 0.29) is 12.0 Å². The lowest BCUT2D eigenvalue weighted by Crippen LogP contribution is -2.42. The highest BCUT2D eigenvalue weighted by atomic mass is 32.2. The topological polar surface area (TPSA) is 113 Å². The molecule has 1 rings (SSSR count). The lowest BCUT2D eigenvalue weighted by Gasteiger charge is -2.26. The molecule has 104 valence electrons. The van der Waals surface area contributed by atoms with Crippen LogP contribution in [0.5, 0.6) is 0 Å². The second-order valence-electron chi connectivity index (χ2n) is 4.42. The van der Waals surface area contributed by atoms with Gasteiger partial charge in [0.1, 0.15) is 5.75 Å². The lowest BCUT2D eigenvalue weighted by molar-refractivity contribution is -0.142. The van der Waals surface area contributed by atoms with E-state index in [0.29, 0.717) is 25.7 Å². The molecular weight excluding hydrogens is 260 g/mol. The number of carbonyl (C=O) groups excluding carboxylic acids is 1. The highest BCUT2D eigenvalue weighted by Crippen LogP contribution is 2.24. The third-order valence-electron chi connectivity index (χ3n) is 3.07. The van der Waals surface area contributed by atoms with Gasteiger partial charge in [-0.25, -0.2) is 13.1 Å². The maximum absolute atomic E-state index is 11.5. The van der Waals surface area contributed by atoms with Crippen molar-refractivity contribution in [3.63, 3.8) is 0 Å². The monoisotopic (exact) mass is 278 g/mol. The number of hydrogen-bond acceptors (Lipinski definition) is 4. The molecular formula is C10H18N2O5S. The quantitative estimate of drug-likeness (QED) is 0.615. The zero-order chi connectivity index (χ0) is 13.8. The number of carboxylic acid groups (broad SMARTS) is 1. The summed E-state index contributed by atoms with van der Waals surface area (Å²) in [4.78, 5) is 22.2. The molecule has 1 fully saturated rings. The highest BCUT2D eigenvalue weighted by Gasteiger charge is 2.27. The fraction of sp³-hybridized carbons (Fsp3) is 0.800. The Labute approximate surface area is 106 Å². The number of aliphatic carboxylic acids is 1. The second kappa shape index (κ2) is 6.14. The smallest absolute Gasteiger partial charge is 0.306 e. The molecule has 0 aromatic heterocycles.